The fourth-order valence-corrected chi connectivity index (χ4v) is 2.55. The molecule has 20 heavy (non-hydrogen) atoms. The number of hydrogen-bond acceptors (Lipinski definition) is 7. The van der Waals surface area contributed by atoms with Crippen LogP contribution in [-0.4, -0.2) is 68.4 Å². The lowest BCUT2D eigenvalue weighted by atomic mass is 10.2. The number of hydrogen-bond donors (Lipinski definition) is 0. The van der Waals surface area contributed by atoms with Crippen LogP contribution in [0.25, 0.3) is 16.6 Å². The summed E-state index contributed by atoms with van der Waals surface area (Å²) in [5.74, 6) is 0.904. The van der Waals surface area contributed by atoms with Crippen molar-refractivity contribution in [2.24, 2.45) is 0 Å². The molecular formula is C12H14N8. The van der Waals surface area contributed by atoms with Crippen molar-refractivity contribution >= 4 is 22.4 Å². The number of nitrogens with zero attached hydrogens (tertiary/aromatic N) is 8. The molecule has 4 heterocycles. The van der Waals surface area contributed by atoms with Crippen molar-refractivity contribution < 1.29 is 0 Å². The third-order valence-electron chi connectivity index (χ3n) is 3.71. The Hall–Kier alpha value is -2.35. The molecule has 3 aromatic rings. The Bertz CT molecular complexity index is 758. The van der Waals surface area contributed by atoms with Gasteiger partial charge in [0.15, 0.2) is 5.82 Å². The van der Waals surface area contributed by atoms with E-state index >= 15 is 0 Å². The molecule has 1 aliphatic heterocycles. The summed E-state index contributed by atoms with van der Waals surface area (Å²) in [6.45, 7) is 3.94. The zero-order valence-electron chi connectivity index (χ0n) is 11.1. The van der Waals surface area contributed by atoms with E-state index in [2.05, 4.69) is 42.5 Å². The van der Waals surface area contributed by atoms with Gasteiger partial charge < -0.3 is 9.80 Å². The van der Waals surface area contributed by atoms with Crippen LogP contribution < -0.4 is 4.90 Å². The van der Waals surface area contributed by atoms with Gasteiger partial charge >= 0.3 is 0 Å². The maximum absolute atomic E-state index is 4.56. The molecule has 4 rings (SSSR count). The summed E-state index contributed by atoms with van der Waals surface area (Å²) in [6, 6.07) is 3.95. The zero-order chi connectivity index (χ0) is 13.5. The summed E-state index contributed by atoms with van der Waals surface area (Å²) >= 11 is 0. The average Bonchev–Trinajstić information content (AvgIpc) is 2.96. The van der Waals surface area contributed by atoms with E-state index in [1.165, 1.54) is 4.63 Å². The second kappa shape index (κ2) is 4.34. The van der Waals surface area contributed by atoms with E-state index in [0.717, 1.165) is 42.9 Å². The molecule has 0 radical (unpaired) electrons. The van der Waals surface area contributed by atoms with Crippen molar-refractivity contribution in [1.82, 2.24) is 35.1 Å². The van der Waals surface area contributed by atoms with Crippen molar-refractivity contribution in [2.75, 3.05) is 38.1 Å². The second-order valence-corrected chi connectivity index (χ2v) is 5.01. The molecular weight excluding hydrogens is 256 g/mol. The van der Waals surface area contributed by atoms with Gasteiger partial charge in [-0.2, -0.15) is 0 Å². The van der Waals surface area contributed by atoms with Gasteiger partial charge in [-0.15, -0.1) is 14.8 Å². The predicted molar refractivity (Wildman–Crippen MR) is 73.6 cm³/mol. The first-order valence-electron chi connectivity index (χ1n) is 6.59. The summed E-state index contributed by atoms with van der Waals surface area (Å²) in [5.41, 5.74) is 1.39. The monoisotopic (exact) mass is 270 g/mol. The minimum Gasteiger partial charge on any atom is -0.352 e. The number of piperazine rings is 1. The van der Waals surface area contributed by atoms with E-state index in [0.29, 0.717) is 5.65 Å². The first-order chi connectivity index (χ1) is 9.83. The number of anilines is 1. The van der Waals surface area contributed by atoms with Crippen LogP contribution in [0.3, 0.4) is 0 Å². The Morgan fingerprint density at radius 2 is 2.00 bits per heavy atom. The molecule has 8 heteroatoms. The van der Waals surface area contributed by atoms with Gasteiger partial charge in [0.05, 0.1) is 0 Å². The summed E-state index contributed by atoms with van der Waals surface area (Å²) in [4.78, 5) is 8.99. The van der Waals surface area contributed by atoms with Gasteiger partial charge in [-0.05, 0) is 29.6 Å². The quantitative estimate of drug-likeness (QED) is 0.607. The van der Waals surface area contributed by atoms with Gasteiger partial charge in [0, 0.05) is 37.8 Å². The first kappa shape index (κ1) is 11.5. The molecule has 8 nitrogen and oxygen atoms in total. The lowest BCUT2D eigenvalue weighted by Gasteiger charge is -2.33. The Balaban J connectivity index is 1.92. The molecule has 0 amide bonds. The number of aromatic nitrogens is 6. The number of rotatable bonds is 1. The fourth-order valence-electron chi connectivity index (χ4n) is 2.55. The molecule has 102 valence electrons. The third-order valence-corrected chi connectivity index (χ3v) is 3.71. The van der Waals surface area contributed by atoms with Crippen molar-refractivity contribution in [3.05, 3.63) is 18.3 Å². The van der Waals surface area contributed by atoms with E-state index in [1.54, 1.807) is 6.20 Å². The minimum atomic E-state index is 0.596. The van der Waals surface area contributed by atoms with E-state index in [-0.39, 0.29) is 0 Å². The SMILES string of the molecule is CN1CCN(c2nn3nnnc3c3ncccc23)CC1. The van der Waals surface area contributed by atoms with Gasteiger partial charge in [-0.3, -0.25) is 4.98 Å². The van der Waals surface area contributed by atoms with Crippen LogP contribution in [0.2, 0.25) is 0 Å². The van der Waals surface area contributed by atoms with Crippen LogP contribution in [0, 0.1) is 0 Å². The number of likely N-dealkylation sites (N-methyl/N-ethyl adjacent to an activating group) is 1. The van der Waals surface area contributed by atoms with Crippen LogP contribution in [0.4, 0.5) is 5.82 Å². The molecule has 0 aromatic carbocycles. The van der Waals surface area contributed by atoms with Crippen LogP contribution in [-0.2, 0) is 0 Å². The summed E-state index contributed by atoms with van der Waals surface area (Å²) in [5, 5.41) is 17.1. The highest BCUT2D eigenvalue weighted by Gasteiger charge is 2.20. The van der Waals surface area contributed by atoms with Crippen LogP contribution >= 0.6 is 0 Å². The maximum Gasteiger partial charge on any atom is 0.226 e. The Labute approximate surface area is 115 Å². The van der Waals surface area contributed by atoms with Gasteiger partial charge in [-0.1, -0.05) is 0 Å². The fraction of sp³-hybridized carbons (Fsp3) is 0.417. The molecule has 0 aliphatic carbocycles. The highest BCUT2D eigenvalue weighted by molar-refractivity contribution is 5.96. The van der Waals surface area contributed by atoms with E-state index in [9.17, 15) is 0 Å². The van der Waals surface area contributed by atoms with Gasteiger partial charge in [0.25, 0.3) is 0 Å². The van der Waals surface area contributed by atoms with E-state index in [1.807, 2.05) is 12.1 Å². The number of pyridine rings is 1. The topological polar surface area (TPSA) is 75.3 Å². The molecule has 3 aromatic heterocycles. The molecule has 0 N–H and O–H groups in total. The van der Waals surface area contributed by atoms with Crippen molar-refractivity contribution in [2.45, 2.75) is 0 Å². The molecule has 0 bridgehead atoms. The standard InChI is InChI=1S/C12H14N8/c1-18-5-7-19(8-6-18)11-9-3-2-4-13-10(9)12-14-16-17-20(12)15-11/h2-4H,5-8H2,1H3. The summed E-state index contributed by atoms with van der Waals surface area (Å²) in [7, 11) is 2.13. The molecule has 0 saturated carbocycles. The summed E-state index contributed by atoms with van der Waals surface area (Å²) < 4.78 is 1.46. The molecule has 1 saturated heterocycles. The van der Waals surface area contributed by atoms with Gasteiger partial charge in [0.2, 0.25) is 5.65 Å². The number of fused-ring (bicyclic) bond motifs is 3. The molecule has 0 spiro atoms. The van der Waals surface area contributed by atoms with Crippen LogP contribution in [0.5, 0.6) is 0 Å². The molecule has 1 fully saturated rings. The van der Waals surface area contributed by atoms with Crippen molar-refractivity contribution in [3.63, 3.8) is 0 Å². The largest absolute Gasteiger partial charge is 0.352 e. The highest BCUT2D eigenvalue weighted by atomic mass is 15.6. The molecule has 1 aliphatic rings. The van der Waals surface area contributed by atoms with Gasteiger partial charge in [-0.25, -0.2) is 0 Å². The zero-order valence-corrected chi connectivity index (χ0v) is 11.1. The Morgan fingerprint density at radius 3 is 2.85 bits per heavy atom. The maximum atomic E-state index is 4.56. The van der Waals surface area contributed by atoms with E-state index < -0.39 is 0 Å². The average molecular weight is 270 g/mol. The first-order valence-corrected chi connectivity index (χ1v) is 6.59. The van der Waals surface area contributed by atoms with Crippen molar-refractivity contribution in [3.8, 4) is 0 Å². The summed E-state index contributed by atoms with van der Waals surface area (Å²) in [6.07, 6.45) is 1.75. The smallest absolute Gasteiger partial charge is 0.226 e. The Morgan fingerprint density at radius 1 is 1.15 bits per heavy atom. The van der Waals surface area contributed by atoms with Crippen LogP contribution in [0.1, 0.15) is 0 Å². The molecule has 0 unspecified atom stereocenters. The number of tetrazole rings is 1. The lowest BCUT2D eigenvalue weighted by molar-refractivity contribution is 0.312. The second-order valence-electron chi connectivity index (χ2n) is 5.01. The Kier molecular flexibility index (Phi) is 2.49. The van der Waals surface area contributed by atoms with Crippen LogP contribution in [0.15, 0.2) is 18.3 Å². The molecule has 0 atom stereocenters. The third kappa shape index (κ3) is 1.68. The highest BCUT2D eigenvalue weighted by Crippen LogP contribution is 2.25. The van der Waals surface area contributed by atoms with Crippen molar-refractivity contribution in [1.29, 1.82) is 0 Å². The van der Waals surface area contributed by atoms with E-state index in [4.69, 9.17) is 0 Å². The van der Waals surface area contributed by atoms with Gasteiger partial charge in [0.1, 0.15) is 5.52 Å². The predicted octanol–water partition coefficient (Wildman–Crippen LogP) is -0.181. The normalized spacial score (nSPS) is 17.1. The minimum absolute atomic E-state index is 0.596. The lowest BCUT2D eigenvalue weighted by Crippen LogP contribution is -2.45.